The zero-order valence-electron chi connectivity index (χ0n) is 20.8. The smallest absolute Gasteiger partial charge is 0.260 e. The molecule has 10 heteroatoms. The summed E-state index contributed by atoms with van der Waals surface area (Å²) in [4.78, 5) is 30.4. The number of fused-ring (bicyclic) bond motifs is 1. The van der Waals surface area contributed by atoms with Gasteiger partial charge in [0.15, 0.2) is 23.9 Å². The maximum Gasteiger partial charge on any atom is 0.260 e. The summed E-state index contributed by atoms with van der Waals surface area (Å²) in [5.74, 6) is 2.71. The Labute approximate surface area is 214 Å². The Morgan fingerprint density at radius 1 is 0.892 bits per heavy atom. The number of para-hydroxylation sites is 1. The van der Waals surface area contributed by atoms with Crippen LogP contribution in [0.15, 0.2) is 60.7 Å². The maximum absolute atomic E-state index is 12.7. The fraction of sp³-hybridized carbons (Fsp3) is 0.259. The molecule has 37 heavy (non-hydrogen) atoms. The summed E-state index contributed by atoms with van der Waals surface area (Å²) in [6.07, 6.45) is 0. The van der Waals surface area contributed by atoms with Crippen LogP contribution in [-0.4, -0.2) is 72.8 Å². The molecule has 0 spiro atoms. The van der Waals surface area contributed by atoms with Gasteiger partial charge in [0.1, 0.15) is 11.3 Å². The highest BCUT2D eigenvalue weighted by Crippen LogP contribution is 2.33. The molecule has 190 valence electrons. The van der Waals surface area contributed by atoms with Crippen molar-refractivity contribution in [3.8, 4) is 28.5 Å². The van der Waals surface area contributed by atoms with Crippen LogP contribution in [0.25, 0.3) is 22.3 Å². The van der Waals surface area contributed by atoms with E-state index in [9.17, 15) is 4.79 Å². The van der Waals surface area contributed by atoms with Crippen LogP contribution >= 0.6 is 0 Å². The normalized spacial score (nSPS) is 13.5. The van der Waals surface area contributed by atoms with Gasteiger partial charge in [-0.3, -0.25) is 4.79 Å². The number of nitrogen functional groups attached to an aromatic ring is 1. The molecular formula is C27H28N6O4. The minimum absolute atomic E-state index is 0.00361. The lowest BCUT2D eigenvalue weighted by atomic mass is 10.1. The van der Waals surface area contributed by atoms with Crippen LogP contribution in [0, 0.1) is 0 Å². The number of anilines is 2. The summed E-state index contributed by atoms with van der Waals surface area (Å²) in [5, 5.41) is 0. The van der Waals surface area contributed by atoms with Crippen molar-refractivity contribution in [2.75, 3.05) is 57.6 Å². The Bertz CT molecular complexity index is 1410. The van der Waals surface area contributed by atoms with Crippen molar-refractivity contribution in [3.63, 3.8) is 0 Å². The number of pyridine rings is 1. The molecule has 1 fully saturated rings. The van der Waals surface area contributed by atoms with Crippen molar-refractivity contribution in [3.05, 3.63) is 60.7 Å². The fourth-order valence-electron chi connectivity index (χ4n) is 4.31. The summed E-state index contributed by atoms with van der Waals surface area (Å²) in [7, 11) is 3.20. The second-order valence-corrected chi connectivity index (χ2v) is 8.51. The predicted molar refractivity (Wildman–Crippen MR) is 141 cm³/mol. The Morgan fingerprint density at radius 2 is 1.65 bits per heavy atom. The Hall–Kier alpha value is -4.60. The molecule has 1 aliphatic heterocycles. The van der Waals surface area contributed by atoms with E-state index in [1.165, 1.54) is 0 Å². The lowest BCUT2D eigenvalue weighted by Crippen LogP contribution is -2.50. The Morgan fingerprint density at radius 3 is 2.38 bits per heavy atom. The van der Waals surface area contributed by atoms with E-state index in [1.807, 2.05) is 60.7 Å². The Balaban J connectivity index is 1.35. The number of amides is 1. The summed E-state index contributed by atoms with van der Waals surface area (Å²) in [5.41, 5.74) is 8.95. The van der Waals surface area contributed by atoms with Crippen LogP contribution in [0.1, 0.15) is 0 Å². The largest absolute Gasteiger partial charge is 0.493 e. The van der Waals surface area contributed by atoms with Crippen LogP contribution in [0.4, 0.5) is 11.8 Å². The van der Waals surface area contributed by atoms with Crippen molar-refractivity contribution in [1.82, 2.24) is 19.9 Å². The minimum Gasteiger partial charge on any atom is -0.493 e. The summed E-state index contributed by atoms with van der Waals surface area (Å²) >= 11 is 0. The van der Waals surface area contributed by atoms with Crippen molar-refractivity contribution < 1.29 is 19.0 Å². The van der Waals surface area contributed by atoms with Crippen LogP contribution in [-0.2, 0) is 4.79 Å². The van der Waals surface area contributed by atoms with Gasteiger partial charge in [-0.05, 0) is 42.5 Å². The molecular weight excluding hydrogens is 472 g/mol. The lowest BCUT2D eigenvalue weighted by Gasteiger charge is -2.35. The third kappa shape index (κ3) is 5.18. The van der Waals surface area contributed by atoms with Gasteiger partial charge >= 0.3 is 0 Å². The minimum atomic E-state index is -0.0515. The lowest BCUT2D eigenvalue weighted by molar-refractivity contribution is -0.133. The average molecular weight is 501 g/mol. The van der Waals surface area contributed by atoms with E-state index in [4.69, 9.17) is 24.9 Å². The van der Waals surface area contributed by atoms with Crippen molar-refractivity contribution in [2.24, 2.45) is 0 Å². The summed E-state index contributed by atoms with van der Waals surface area (Å²) in [6.45, 7) is 2.26. The fourth-order valence-corrected chi connectivity index (χ4v) is 4.31. The van der Waals surface area contributed by atoms with E-state index in [1.54, 1.807) is 19.1 Å². The number of methoxy groups -OCH3 is 2. The highest BCUT2D eigenvalue weighted by molar-refractivity contribution is 5.89. The molecule has 2 aromatic heterocycles. The van der Waals surface area contributed by atoms with Gasteiger partial charge in [-0.15, -0.1) is 0 Å². The Kier molecular flexibility index (Phi) is 6.89. The SMILES string of the molecule is COc1ccc(-c2ccc3nc(N)nc(N4CCN(C(=O)COc5ccccc5)CC4)c3n2)cc1OC. The van der Waals surface area contributed by atoms with Crippen molar-refractivity contribution in [1.29, 1.82) is 0 Å². The second-order valence-electron chi connectivity index (χ2n) is 8.51. The highest BCUT2D eigenvalue weighted by atomic mass is 16.5. The molecule has 2 N–H and O–H groups in total. The van der Waals surface area contributed by atoms with Gasteiger partial charge in [0.25, 0.3) is 5.91 Å². The molecule has 1 saturated heterocycles. The summed E-state index contributed by atoms with van der Waals surface area (Å²) in [6, 6.07) is 18.8. The third-order valence-electron chi connectivity index (χ3n) is 6.26. The first-order chi connectivity index (χ1) is 18.1. The van der Waals surface area contributed by atoms with Gasteiger partial charge in [-0.2, -0.15) is 4.98 Å². The number of piperazine rings is 1. The number of benzene rings is 2. The maximum atomic E-state index is 12.7. The van der Waals surface area contributed by atoms with E-state index in [-0.39, 0.29) is 18.5 Å². The molecule has 1 aliphatic rings. The van der Waals surface area contributed by atoms with Crippen LogP contribution < -0.4 is 24.8 Å². The number of nitrogens with two attached hydrogens (primary N) is 1. The zero-order valence-corrected chi connectivity index (χ0v) is 20.8. The van der Waals surface area contributed by atoms with Crippen molar-refractivity contribution in [2.45, 2.75) is 0 Å². The molecule has 0 bridgehead atoms. The van der Waals surface area contributed by atoms with E-state index >= 15 is 0 Å². The topological polar surface area (TPSA) is 116 Å². The van der Waals surface area contributed by atoms with Gasteiger partial charge in [0, 0.05) is 31.7 Å². The number of hydrogen-bond donors (Lipinski definition) is 1. The number of ether oxygens (including phenoxy) is 3. The van der Waals surface area contributed by atoms with Gasteiger partial charge < -0.3 is 29.7 Å². The second kappa shape index (κ2) is 10.6. The molecule has 1 amide bonds. The zero-order chi connectivity index (χ0) is 25.8. The molecule has 0 unspecified atom stereocenters. The van der Waals surface area contributed by atoms with Crippen LogP contribution in [0.5, 0.6) is 17.2 Å². The molecule has 4 aromatic rings. The van der Waals surface area contributed by atoms with E-state index in [0.29, 0.717) is 60.3 Å². The molecule has 0 saturated carbocycles. The monoisotopic (exact) mass is 500 g/mol. The quantitative estimate of drug-likeness (QED) is 0.409. The first-order valence-electron chi connectivity index (χ1n) is 11.9. The number of carbonyl (C=O) groups is 1. The van der Waals surface area contributed by atoms with Gasteiger partial charge in [0.05, 0.1) is 25.4 Å². The third-order valence-corrected chi connectivity index (χ3v) is 6.26. The molecule has 0 atom stereocenters. The van der Waals surface area contributed by atoms with E-state index in [2.05, 4.69) is 14.9 Å². The number of aromatic nitrogens is 3. The number of nitrogens with zero attached hydrogens (tertiary/aromatic N) is 5. The molecule has 5 rings (SSSR count). The molecule has 10 nitrogen and oxygen atoms in total. The van der Waals surface area contributed by atoms with Crippen LogP contribution in [0.3, 0.4) is 0 Å². The van der Waals surface area contributed by atoms with Gasteiger partial charge in [-0.25, -0.2) is 9.97 Å². The predicted octanol–water partition coefficient (Wildman–Crippen LogP) is 3.02. The standard InChI is InChI=1S/C27H28N6O4/c1-35-22-11-8-18(16-23(22)36-2)20-9-10-21-25(29-20)26(31-27(28)30-21)33-14-12-32(13-15-33)24(34)17-37-19-6-4-3-5-7-19/h3-11,16H,12-15,17H2,1-2H3,(H2,28,30,31). The average Bonchev–Trinajstić information content (AvgIpc) is 2.95. The van der Waals surface area contributed by atoms with Crippen molar-refractivity contribution >= 4 is 28.7 Å². The van der Waals surface area contributed by atoms with E-state index in [0.717, 1.165) is 11.3 Å². The molecule has 0 aliphatic carbocycles. The van der Waals surface area contributed by atoms with Gasteiger partial charge in [0.2, 0.25) is 5.95 Å². The summed E-state index contributed by atoms with van der Waals surface area (Å²) < 4.78 is 16.4. The number of rotatable bonds is 7. The van der Waals surface area contributed by atoms with Crippen LogP contribution in [0.2, 0.25) is 0 Å². The molecule has 3 heterocycles. The number of carbonyl (C=O) groups excluding carboxylic acids is 1. The first kappa shape index (κ1) is 24.1. The number of hydrogen-bond acceptors (Lipinski definition) is 9. The molecule has 0 radical (unpaired) electrons. The first-order valence-corrected chi connectivity index (χ1v) is 11.9. The van der Waals surface area contributed by atoms with E-state index < -0.39 is 0 Å². The van der Waals surface area contributed by atoms with Gasteiger partial charge in [-0.1, -0.05) is 18.2 Å². The highest BCUT2D eigenvalue weighted by Gasteiger charge is 2.25. The molecule has 2 aromatic carbocycles.